The number of aromatic nitrogens is 2. The van der Waals surface area contributed by atoms with Crippen molar-refractivity contribution in [3.05, 3.63) is 6.07 Å². The highest BCUT2D eigenvalue weighted by Gasteiger charge is 2.39. The van der Waals surface area contributed by atoms with Crippen LogP contribution in [0.3, 0.4) is 0 Å². The molecule has 1 aliphatic carbocycles. The Morgan fingerprint density at radius 3 is 2.48 bits per heavy atom. The van der Waals surface area contributed by atoms with Crippen LogP contribution in [-0.2, 0) is 0 Å². The summed E-state index contributed by atoms with van der Waals surface area (Å²) in [6, 6.07) is 2.64. The molecule has 6 nitrogen and oxygen atoms in total. The van der Waals surface area contributed by atoms with Gasteiger partial charge in [0.15, 0.2) is 0 Å². The molecule has 1 aromatic heterocycles. The number of nitrogens with two attached hydrogens (primary N) is 1. The van der Waals surface area contributed by atoms with Gasteiger partial charge >= 0.3 is 0 Å². The maximum absolute atomic E-state index is 5.90. The molecule has 4 rings (SSSR count). The molecular formula is C15H24N6. The van der Waals surface area contributed by atoms with Gasteiger partial charge in [0.25, 0.3) is 0 Å². The van der Waals surface area contributed by atoms with Gasteiger partial charge in [-0.15, -0.1) is 0 Å². The summed E-state index contributed by atoms with van der Waals surface area (Å²) in [4.78, 5) is 13.6. The predicted molar refractivity (Wildman–Crippen MR) is 84.4 cm³/mol. The molecule has 0 radical (unpaired) electrons. The molecule has 0 bridgehead atoms. The highest BCUT2D eigenvalue weighted by atomic mass is 15.3. The summed E-state index contributed by atoms with van der Waals surface area (Å²) in [7, 11) is 2.21. The quantitative estimate of drug-likeness (QED) is 0.865. The van der Waals surface area contributed by atoms with Crippen LogP contribution in [0.2, 0.25) is 0 Å². The summed E-state index contributed by atoms with van der Waals surface area (Å²) in [6.07, 6.45) is 3.78. The lowest BCUT2D eigenvalue weighted by atomic mass is 9.93. The lowest BCUT2D eigenvalue weighted by Gasteiger charge is -2.27. The normalized spacial score (nSPS) is 29.5. The third-order valence-corrected chi connectivity index (χ3v) is 5.18. The van der Waals surface area contributed by atoms with E-state index < -0.39 is 0 Å². The van der Waals surface area contributed by atoms with Crippen molar-refractivity contribution >= 4 is 17.6 Å². The van der Waals surface area contributed by atoms with E-state index in [2.05, 4.69) is 38.2 Å². The van der Waals surface area contributed by atoms with Crippen molar-refractivity contribution in [2.45, 2.75) is 25.3 Å². The number of anilines is 3. The van der Waals surface area contributed by atoms with Gasteiger partial charge < -0.3 is 20.9 Å². The third-order valence-electron chi connectivity index (χ3n) is 5.18. The zero-order valence-electron chi connectivity index (χ0n) is 12.6. The lowest BCUT2D eigenvalue weighted by molar-refractivity contribution is 0.387. The molecule has 0 unspecified atom stereocenters. The summed E-state index contributed by atoms with van der Waals surface area (Å²) < 4.78 is 0. The summed E-state index contributed by atoms with van der Waals surface area (Å²) in [5.74, 6) is 3.80. The molecule has 21 heavy (non-hydrogen) atoms. The number of rotatable bonds is 3. The van der Waals surface area contributed by atoms with Crippen LogP contribution in [-0.4, -0.2) is 54.1 Å². The maximum atomic E-state index is 5.90. The molecule has 3 N–H and O–H groups in total. The number of nitrogen functional groups attached to an aromatic ring is 1. The summed E-state index contributed by atoms with van der Waals surface area (Å²) in [5, 5.41) is 3.47. The SMILES string of the molecule is CN1C[C@@H]2CN(c3cc(NC4CCC4)nc(N)n3)C[C@@H]2C1. The van der Waals surface area contributed by atoms with E-state index in [4.69, 9.17) is 5.73 Å². The Morgan fingerprint density at radius 2 is 1.86 bits per heavy atom. The maximum Gasteiger partial charge on any atom is 0.223 e. The molecule has 0 spiro atoms. The summed E-state index contributed by atoms with van der Waals surface area (Å²) in [6.45, 7) is 4.59. The van der Waals surface area contributed by atoms with Gasteiger partial charge in [0.2, 0.25) is 5.95 Å². The van der Waals surface area contributed by atoms with Crippen molar-refractivity contribution in [1.82, 2.24) is 14.9 Å². The van der Waals surface area contributed by atoms with Crippen molar-refractivity contribution in [1.29, 1.82) is 0 Å². The molecule has 0 amide bonds. The first-order valence-corrected chi connectivity index (χ1v) is 8.02. The molecular weight excluding hydrogens is 264 g/mol. The highest BCUT2D eigenvalue weighted by Crippen LogP contribution is 2.33. The van der Waals surface area contributed by atoms with Crippen molar-refractivity contribution in [2.24, 2.45) is 11.8 Å². The predicted octanol–water partition coefficient (Wildman–Crippen LogP) is 1.02. The second-order valence-electron chi connectivity index (χ2n) is 6.89. The van der Waals surface area contributed by atoms with E-state index in [0.29, 0.717) is 12.0 Å². The van der Waals surface area contributed by atoms with Crippen LogP contribution in [0.4, 0.5) is 17.6 Å². The van der Waals surface area contributed by atoms with Crippen molar-refractivity contribution in [3.8, 4) is 0 Å². The van der Waals surface area contributed by atoms with Gasteiger partial charge in [-0.25, -0.2) is 0 Å². The Labute approximate surface area is 125 Å². The van der Waals surface area contributed by atoms with Gasteiger partial charge in [-0.05, 0) is 38.1 Å². The van der Waals surface area contributed by atoms with E-state index in [0.717, 1.165) is 36.6 Å². The number of nitrogens with zero attached hydrogens (tertiary/aromatic N) is 4. The molecule has 6 heteroatoms. The minimum absolute atomic E-state index is 0.378. The van der Waals surface area contributed by atoms with Gasteiger partial charge in [-0.1, -0.05) is 0 Å². The monoisotopic (exact) mass is 288 g/mol. The topological polar surface area (TPSA) is 70.3 Å². The first-order chi connectivity index (χ1) is 10.2. The Balaban J connectivity index is 1.49. The van der Waals surface area contributed by atoms with Crippen molar-refractivity contribution < 1.29 is 0 Å². The largest absolute Gasteiger partial charge is 0.368 e. The minimum Gasteiger partial charge on any atom is -0.368 e. The van der Waals surface area contributed by atoms with E-state index in [9.17, 15) is 0 Å². The second kappa shape index (κ2) is 5.02. The van der Waals surface area contributed by atoms with Crippen molar-refractivity contribution in [3.63, 3.8) is 0 Å². The van der Waals surface area contributed by atoms with Crippen LogP contribution in [0.5, 0.6) is 0 Å². The average Bonchev–Trinajstić information content (AvgIpc) is 2.90. The summed E-state index contributed by atoms with van der Waals surface area (Å²) >= 11 is 0. The first kappa shape index (κ1) is 13.1. The fourth-order valence-electron chi connectivity index (χ4n) is 3.86. The van der Waals surface area contributed by atoms with Gasteiger partial charge in [0.05, 0.1) is 0 Å². The number of likely N-dealkylation sites (tertiary alicyclic amines) is 1. The fraction of sp³-hybridized carbons (Fsp3) is 0.733. The average molecular weight is 288 g/mol. The Kier molecular flexibility index (Phi) is 3.14. The molecule has 1 aromatic rings. The lowest BCUT2D eigenvalue weighted by Crippen LogP contribution is -2.29. The summed E-state index contributed by atoms with van der Waals surface area (Å²) in [5.41, 5.74) is 5.90. The van der Waals surface area contributed by atoms with E-state index >= 15 is 0 Å². The molecule has 0 aromatic carbocycles. The van der Waals surface area contributed by atoms with Crippen LogP contribution in [0.25, 0.3) is 0 Å². The first-order valence-electron chi connectivity index (χ1n) is 8.02. The number of nitrogens with one attached hydrogen (secondary N) is 1. The molecule has 2 saturated heterocycles. The third kappa shape index (κ3) is 2.52. The van der Waals surface area contributed by atoms with E-state index in [-0.39, 0.29) is 0 Å². The minimum atomic E-state index is 0.378. The van der Waals surface area contributed by atoms with Gasteiger partial charge in [-0.3, -0.25) is 0 Å². The van der Waals surface area contributed by atoms with Crippen LogP contribution in [0.1, 0.15) is 19.3 Å². The standard InChI is InChI=1S/C15H24N6/c1-20-6-10-8-21(9-11(10)7-20)14-5-13(18-15(16)19-14)17-12-3-2-4-12/h5,10-12H,2-4,6-9H2,1H3,(H3,16,17,18,19)/t10-,11+. The van der Waals surface area contributed by atoms with Gasteiger partial charge in [-0.2, -0.15) is 9.97 Å². The Morgan fingerprint density at radius 1 is 1.14 bits per heavy atom. The fourth-order valence-corrected chi connectivity index (χ4v) is 3.86. The number of hydrogen-bond donors (Lipinski definition) is 2. The molecule has 3 heterocycles. The van der Waals surface area contributed by atoms with E-state index in [1.165, 1.54) is 32.4 Å². The van der Waals surface area contributed by atoms with Gasteiger partial charge in [0, 0.05) is 38.3 Å². The Bertz CT molecular complexity index is 515. The second-order valence-corrected chi connectivity index (χ2v) is 6.89. The van der Waals surface area contributed by atoms with E-state index in [1.54, 1.807) is 0 Å². The molecule has 2 atom stereocenters. The number of fused-ring (bicyclic) bond motifs is 1. The molecule has 2 aliphatic heterocycles. The zero-order chi connectivity index (χ0) is 14.4. The van der Waals surface area contributed by atoms with Crippen LogP contribution >= 0.6 is 0 Å². The molecule has 3 aliphatic rings. The zero-order valence-corrected chi connectivity index (χ0v) is 12.6. The molecule has 114 valence electrons. The molecule has 1 saturated carbocycles. The molecule has 3 fully saturated rings. The van der Waals surface area contributed by atoms with Crippen LogP contribution in [0, 0.1) is 11.8 Å². The van der Waals surface area contributed by atoms with Gasteiger partial charge in [0.1, 0.15) is 11.6 Å². The Hall–Kier alpha value is -1.56. The smallest absolute Gasteiger partial charge is 0.223 e. The van der Waals surface area contributed by atoms with Crippen LogP contribution in [0.15, 0.2) is 6.07 Å². The number of hydrogen-bond acceptors (Lipinski definition) is 6. The van der Waals surface area contributed by atoms with E-state index in [1.807, 2.05) is 0 Å². The highest BCUT2D eigenvalue weighted by molar-refractivity contribution is 5.54. The van der Waals surface area contributed by atoms with Crippen LogP contribution < -0.4 is 16.0 Å². The van der Waals surface area contributed by atoms with Crippen molar-refractivity contribution in [2.75, 3.05) is 49.2 Å².